The minimum absolute atomic E-state index is 0.270. The van der Waals surface area contributed by atoms with Crippen molar-refractivity contribution in [1.82, 2.24) is 4.90 Å². The van der Waals surface area contributed by atoms with Gasteiger partial charge in [-0.25, -0.2) is 4.79 Å². The van der Waals surface area contributed by atoms with Crippen LogP contribution in [0.15, 0.2) is 30.3 Å². The smallest absolute Gasteiger partial charge is 0.410 e. The number of rotatable bonds is 9. The van der Waals surface area contributed by atoms with Crippen LogP contribution in [0.1, 0.15) is 32.8 Å². The van der Waals surface area contributed by atoms with Crippen LogP contribution in [0.25, 0.3) is 0 Å². The monoisotopic (exact) mass is 337 g/mol. The number of ether oxygens (including phenoxy) is 1. The minimum Gasteiger partial charge on any atom is -0.444 e. The molecule has 0 aromatic heterocycles. The Morgan fingerprint density at radius 3 is 2.52 bits per heavy atom. The second kappa shape index (κ2) is 10.3. The average Bonchev–Trinajstić information content (AvgIpc) is 2.49. The molecule has 5 heteroatoms. The maximum atomic E-state index is 12.3. The molecule has 1 aromatic carbocycles. The Bertz CT molecular complexity index is 471. The highest BCUT2D eigenvalue weighted by Gasteiger charge is 2.21. The normalized spacial score (nSPS) is 11.1. The summed E-state index contributed by atoms with van der Waals surface area (Å²) in [7, 11) is 0. The Kier molecular flexibility index (Phi) is 8.77. The van der Waals surface area contributed by atoms with Gasteiger partial charge < -0.3 is 14.4 Å². The van der Waals surface area contributed by atoms with E-state index >= 15 is 0 Å². The number of hydrogen-bond acceptors (Lipinski definition) is 4. The summed E-state index contributed by atoms with van der Waals surface area (Å²) in [6.45, 7) is 6.91. The summed E-state index contributed by atoms with van der Waals surface area (Å²) in [6.07, 6.45) is 2.30. The van der Waals surface area contributed by atoms with Gasteiger partial charge in [-0.2, -0.15) is 11.8 Å². The van der Waals surface area contributed by atoms with Crippen LogP contribution in [0.5, 0.6) is 0 Å². The molecule has 0 fully saturated rings. The van der Waals surface area contributed by atoms with E-state index in [9.17, 15) is 9.59 Å². The van der Waals surface area contributed by atoms with Gasteiger partial charge in [0.25, 0.3) is 0 Å². The number of carbonyl (C=O) groups is 2. The van der Waals surface area contributed by atoms with E-state index in [1.165, 1.54) is 5.56 Å². The van der Waals surface area contributed by atoms with E-state index in [1.54, 1.807) is 16.7 Å². The van der Waals surface area contributed by atoms with E-state index in [2.05, 4.69) is 12.1 Å². The molecule has 128 valence electrons. The molecule has 0 N–H and O–H groups in total. The maximum absolute atomic E-state index is 12.3. The lowest BCUT2D eigenvalue weighted by molar-refractivity contribution is -0.105. The van der Waals surface area contributed by atoms with Gasteiger partial charge in [0, 0.05) is 18.8 Å². The first-order chi connectivity index (χ1) is 10.9. The van der Waals surface area contributed by atoms with Gasteiger partial charge in [-0.05, 0) is 44.9 Å². The molecule has 23 heavy (non-hydrogen) atoms. The van der Waals surface area contributed by atoms with Crippen LogP contribution >= 0.6 is 11.8 Å². The standard InChI is InChI=1S/C18H27NO3S/c1-18(2,3)22-17(21)19(11-7-14-23-15-13-20)12-10-16-8-5-4-6-9-16/h4-6,8-9,13H,7,10-12,14-15H2,1-3H3. The highest BCUT2D eigenvalue weighted by atomic mass is 32.2. The molecule has 0 saturated heterocycles. The molecule has 1 amide bonds. The Morgan fingerprint density at radius 1 is 1.22 bits per heavy atom. The van der Waals surface area contributed by atoms with E-state index in [4.69, 9.17) is 4.74 Å². The Morgan fingerprint density at radius 2 is 1.91 bits per heavy atom. The summed E-state index contributed by atoms with van der Waals surface area (Å²) in [5.74, 6) is 1.37. The lowest BCUT2D eigenvalue weighted by Gasteiger charge is -2.27. The summed E-state index contributed by atoms with van der Waals surface area (Å²) in [5, 5.41) is 0. The zero-order valence-corrected chi connectivity index (χ0v) is 15.1. The molecule has 0 bridgehead atoms. The second-order valence-corrected chi connectivity index (χ2v) is 7.45. The Hall–Kier alpha value is -1.49. The second-order valence-electron chi connectivity index (χ2n) is 6.30. The third-order valence-electron chi connectivity index (χ3n) is 3.07. The third kappa shape index (κ3) is 9.29. The van der Waals surface area contributed by atoms with E-state index in [1.807, 2.05) is 39.0 Å². The van der Waals surface area contributed by atoms with Crippen molar-refractivity contribution < 1.29 is 14.3 Å². The largest absolute Gasteiger partial charge is 0.444 e. The van der Waals surface area contributed by atoms with Crippen molar-refractivity contribution in [2.24, 2.45) is 0 Å². The lowest BCUT2D eigenvalue weighted by Crippen LogP contribution is -2.38. The SMILES string of the molecule is CC(C)(C)OC(=O)N(CCCSCC=O)CCc1ccccc1. The van der Waals surface area contributed by atoms with Crippen molar-refractivity contribution >= 4 is 24.1 Å². The van der Waals surface area contributed by atoms with Gasteiger partial charge in [-0.3, -0.25) is 0 Å². The topological polar surface area (TPSA) is 46.6 Å². The van der Waals surface area contributed by atoms with Crippen molar-refractivity contribution in [3.63, 3.8) is 0 Å². The summed E-state index contributed by atoms with van der Waals surface area (Å²) >= 11 is 1.59. The van der Waals surface area contributed by atoms with Crippen molar-refractivity contribution in [1.29, 1.82) is 0 Å². The van der Waals surface area contributed by atoms with Gasteiger partial charge in [-0.1, -0.05) is 30.3 Å². The van der Waals surface area contributed by atoms with Crippen LogP contribution in [0.2, 0.25) is 0 Å². The van der Waals surface area contributed by atoms with Gasteiger partial charge in [0.15, 0.2) is 0 Å². The van der Waals surface area contributed by atoms with E-state index in [0.717, 1.165) is 24.9 Å². The van der Waals surface area contributed by atoms with Gasteiger partial charge in [0.1, 0.15) is 11.9 Å². The number of aldehydes is 1. The Labute approximate surface area is 143 Å². The molecular formula is C18H27NO3S. The van der Waals surface area contributed by atoms with Gasteiger partial charge in [0.05, 0.1) is 0 Å². The molecule has 0 atom stereocenters. The molecule has 0 radical (unpaired) electrons. The van der Waals surface area contributed by atoms with Crippen molar-refractivity contribution in [3.05, 3.63) is 35.9 Å². The first-order valence-corrected chi connectivity index (χ1v) is 9.11. The van der Waals surface area contributed by atoms with Crippen LogP contribution in [0, 0.1) is 0 Å². The molecular weight excluding hydrogens is 310 g/mol. The number of benzene rings is 1. The molecule has 0 aliphatic heterocycles. The predicted molar refractivity (Wildman–Crippen MR) is 96.0 cm³/mol. The zero-order valence-electron chi connectivity index (χ0n) is 14.3. The quantitative estimate of drug-likeness (QED) is 0.508. The van der Waals surface area contributed by atoms with Crippen LogP contribution in [0.4, 0.5) is 4.79 Å². The molecule has 0 aliphatic rings. The van der Waals surface area contributed by atoms with Crippen molar-refractivity contribution in [2.45, 2.75) is 39.2 Å². The Balaban J connectivity index is 2.52. The summed E-state index contributed by atoms with van der Waals surface area (Å²) < 4.78 is 5.49. The molecule has 0 spiro atoms. The van der Waals surface area contributed by atoms with Crippen molar-refractivity contribution in [2.75, 3.05) is 24.6 Å². The van der Waals surface area contributed by atoms with Crippen LogP contribution in [-0.4, -0.2) is 47.5 Å². The van der Waals surface area contributed by atoms with E-state index in [-0.39, 0.29) is 6.09 Å². The first-order valence-electron chi connectivity index (χ1n) is 7.95. The number of thioether (sulfide) groups is 1. The summed E-state index contributed by atoms with van der Waals surface area (Å²) in [4.78, 5) is 24.4. The molecule has 0 saturated carbocycles. The number of carbonyl (C=O) groups excluding carboxylic acids is 2. The van der Waals surface area contributed by atoms with Crippen molar-refractivity contribution in [3.8, 4) is 0 Å². The number of nitrogens with zero attached hydrogens (tertiary/aromatic N) is 1. The average molecular weight is 337 g/mol. The third-order valence-corrected chi connectivity index (χ3v) is 4.02. The van der Waals surface area contributed by atoms with Crippen LogP contribution in [0.3, 0.4) is 0 Å². The molecule has 0 aliphatic carbocycles. The highest BCUT2D eigenvalue weighted by molar-refractivity contribution is 7.99. The van der Waals surface area contributed by atoms with Crippen LogP contribution < -0.4 is 0 Å². The van der Waals surface area contributed by atoms with E-state index in [0.29, 0.717) is 18.8 Å². The fourth-order valence-corrected chi connectivity index (χ4v) is 2.61. The fourth-order valence-electron chi connectivity index (χ4n) is 2.02. The van der Waals surface area contributed by atoms with Gasteiger partial charge in [0.2, 0.25) is 0 Å². The molecule has 1 rings (SSSR count). The predicted octanol–water partition coefficient (Wildman–Crippen LogP) is 3.79. The maximum Gasteiger partial charge on any atom is 0.410 e. The minimum atomic E-state index is -0.492. The lowest BCUT2D eigenvalue weighted by atomic mass is 10.1. The molecule has 4 nitrogen and oxygen atoms in total. The fraction of sp³-hybridized carbons (Fsp3) is 0.556. The summed E-state index contributed by atoms with van der Waals surface area (Å²) in [5.41, 5.74) is 0.713. The zero-order chi connectivity index (χ0) is 17.1. The molecule has 0 heterocycles. The van der Waals surface area contributed by atoms with E-state index < -0.39 is 5.60 Å². The highest BCUT2D eigenvalue weighted by Crippen LogP contribution is 2.12. The van der Waals surface area contributed by atoms with Gasteiger partial charge in [-0.15, -0.1) is 0 Å². The van der Waals surface area contributed by atoms with Crippen LogP contribution in [-0.2, 0) is 16.0 Å². The first kappa shape index (κ1) is 19.6. The number of amides is 1. The summed E-state index contributed by atoms with van der Waals surface area (Å²) in [6, 6.07) is 10.1. The van der Waals surface area contributed by atoms with Gasteiger partial charge >= 0.3 is 6.09 Å². The molecule has 1 aromatic rings. The molecule has 0 unspecified atom stereocenters. The number of hydrogen-bond donors (Lipinski definition) is 0.